The fraction of sp³-hybridized carbons (Fsp3) is 0.370. The van der Waals surface area contributed by atoms with Gasteiger partial charge >= 0.3 is 0 Å². The van der Waals surface area contributed by atoms with Crippen LogP contribution in [0.1, 0.15) is 45.7 Å². The zero-order chi connectivity index (χ0) is 26.0. The number of ketones is 1. The van der Waals surface area contributed by atoms with E-state index in [1.165, 1.54) is 13.0 Å². The van der Waals surface area contributed by atoms with Gasteiger partial charge in [0.15, 0.2) is 5.78 Å². The first-order chi connectivity index (χ1) is 16.6. The number of nitrogens with one attached hydrogen (secondary N) is 3. The molecule has 8 nitrogen and oxygen atoms in total. The molecule has 4 amide bonds. The summed E-state index contributed by atoms with van der Waals surface area (Å²) in [4.78, 5) is 62.5. The standard InChI is InChI=1S/C27H33N3O5/c1-5-6-7-8-12-15-21(31)28-20(19-13-10-9-11-14-19)16-22(32)29-24(17(2)3)25(33)23-18(4)26(34)30-27(23)35/h5-15,17-18,20,23-24H,16H2,1-4H3,(H,28,31)(H,29,32)(H,30,34,35)/b6-5+,8-7+,15-12+/t18?,20-,23+,24-/m0/s1. The van der Waals surface area contributed by atoms with Crippen molar-refractivity contribution in [1.29, 1.82) is 0 Å². The number of hydrogen-bond acceptors (Lipinski definition) is 5. The molecule has 1 aliphatic heterocycles. The summed E-state index contributed by atoms with van der Waals surface area (Å²) in [6, 6.07) is 7.46. The number of carbonyl (C=O) groups is 5. The molecular weight excluding hydrogens is 446 g/mol. The van der Waals surface area contributed by atoms with Gasteiger partial charge in [0.2, 0.25) is 23.6 Å². The fourth-order valence-corrected chi connectivity index (χ4v) is 3.78. The Bertz CT molecular complexity index is 1030. The van der Waals surface area contributed by atoms with Crippen LogP contribution in [0.2, 0.25) is 0 Å². The molecular formula is C27H33N3O5. The van der Waals surface area contributed by atoms with Crippen molar-refractivity contribution in [3.8, 4) is 0 Å². The summed E-state index contributed by atoms with van der Waals surface area (Å²) < 4.78 is 0. The summed E-state index contributed by atoms with van der Waals surface area (Å²) in [5.41, 5.74) is 0.732. The summed E-state index contributed by atoms with van der Waals surface area (Å²) in [6.45, 7) is 6.91. The summed E-state index contributed by atoms with van der Waals surface area (Å²) in [6.07, 6.45) is 10.0. The molecule has 0 bridgehead atoms. The minimum atomic E-state index is -1.14. The van der Waals surface area contributed by atoms with E-state index in [0.717, 1.165) is 5.56 Å². The van der Waals surface area contributed by atoms with Gasteiger partial charge in [-0.05, 0) is 18.4 Å². The second-order valence-corrected chi connectivity index (χ2v) is 8.76. The predicted octanol–water partition coefficient (Wildman–Crippen LogP) is 2.54. The van der Waals surface area contributed by atoms with Gasteiger partial charge in [-0.1, -0.05) is 81.5 Å². The number of hydrogen-bond donors (Lipinski definition) is 3. The average Bonchev–Trinajstić information content (AvgIpc) is 3.07. The van der Waals surface area contributed by atoms with Gasteiger partial charge in [-0.15, -0.1) is 0 Å². The molecule has 3 N–H and O–H groups in total. The normalized spacial score (nSPS) is 19.9. The van der Waals surface area contributed by atoms with E-state index in [2.05, 4.69) is 16.0 Å². The van der Waals surface area contributed by atoms with E-state index in [9.17, 15) is 24.0 Å². The van der Waals surface area contributed by atoms with Gasteiger partial charge in [0.25, 0.3) is 0 Å². The topological polar surface area (TPSA) is 121 Å². The van der Waals surface area contributed by atoms with E-state index in [0.29, 0.717) is 0 Å². The molecule has 1 fully saturated rings. The van der Waals surface area contributed by atoms with Crippen LogP contribution in [0.15, 0.2) is 66.8 Å². The van der Waals surface area contributed by atoms with Crippen molar-refractivity contribution in [3.63, 3.8) is 0 Å². The third-order valence-electron chi connectivity index (χ3n) is 5.72. The molecule has 1 heterocycles. The molecule has 35 heavy (non-hydrogen) atoms. The molecule has 1 unspecified atom stereocenters. The molecule has 1 aliphatic rings. The van der Waals surface area contributed by atoms with E-state index in [1.54, 1.807) is 56.3 Å². The Morgan fingerprint density at radius 2 is 1.63 bits per heavy atom. The van der Waals surface area contributed by atoms with Gasteiger partial charge in [0.1, 0.15) is 5.92 Å². The maximum Gasteiger partial charge on any atom is 0.244 e. The van der Waals surface area contributed by atoms with Crippen LogP contribution in [0.5, 0.6) is 0 Å². The lowest BCUT2D eigenvalue weighted by Gasteiger charge is -2.25. The average molecular weight is 480 g/mol. The van der Waals surface area contributed by atoms with Crippen molar-refractivity contribution >= 4 is 29.4 Å². The van der Waals surface area contributed by atoms with E-state index in [1.807, 2.05) is 25.1 Å². The SMILES string of the molecule is C/C=C/C=C/C=C/C(=O)N[C@@H](CC(=O)N[C@H](C(=O)[C@@H]1C(=O)NC(=O)C1C)C(C)C)c1ccccc1. The Morgan fingerprint density at radius 1 is 0.971 bits per heavy atom. The maximum absolute atomic E-state index is 13.1. The Labute approximate surface area is 205 Å². The van der Waals surface area contributed by atoms with Crippen molar-refractivity contribution < 1.29 is 24.0 Å². The maximum atomic E-state index is 13.1. The van der Waals surface area contributed by atoms with Gasteiger partial charge in [0, 0.05) is 6.08 Å². The van der Waals surface area contributed by atoms with Gasteiger partial charge < -0.3 is 10.6 Å². The minimum absolute atomic E-state index is 0.111. The first kappa shape index (κ1) is 27.4. The van der Waals surface area contributed by atoms with Crippen LogP contribution in [-0.2, 0) is 24.0 Å². The van der Waals surface area contributed by atoms with Gasteiger partial charge in [-0.25, -0.2) is 0 Å². The van der Waals surface area contributed by atoms with Crippen LogP contribution in [0.25, 0.3) is 0 Å². The molecule has 2 rings (SSSR count). The fourth-order valence-electron chi connectivity index (χ4n) is 3.78. The predicted molar refractivity (Wildman–Crippen MR) is 133 cm³/mol. The lowest BCUT2D eigenvalue weighted by molar-refractivity contribution is -0.137. The quantitative estimate of drug-likeness (QED) is 0.195. The van der Waals surface area contributed by atoms with Gasteiger partial charge in [-0.3, -0.25) is 29.3 Å². The molecule has 1 aromatic rings. The summed E-state index contributed by atoms with van der Waals surface area (Å²) >= 11 is 0. The van der Waals surface area contributed by atoms with Crippen molar-refractivity contribution in [3.05, 3.63) is 72.4 Å². The number of amides is 4. The highest BCUT2D eigenvalue weighted by molar-refractivity contribution is 6.16. The second kappa shape index (κ2) is 13.2. The first-order valence-corrected chi connectivity index (χ1v) is 11.6. The van der Waals surface area contributed by atoms with Crippen LogP contribution < -0.4 is 16.0 Å². The summed E-state index contributed by atoms with van der Waals surface area (Å²) in [7, 11) is 0. The van der Waals surface area contributed by atoms with Crippen LogP contribution in [-0.4, -0.2) is 35.5 Å². The number of Topliss-reactive ketones (excluding diaryl/α,β-unsaturated/α-hetero) is 1. The van der Waals surface area contributed by atoms with Gasteiger partial charge in [-0.2, -0.15) is 0 Å². The highest BCUT2D eigenvalue weighted by atomic mass is 16.2. The number of benzene rings is 1. The summed E-state index contributed by atoms with van der Waals surface area (Å²) in [5.74, 6) is -4.71. The largest absolute Gasteiger partial charge is 0.346 e. The van der Waals surface area contributed by atoms with E-state index >= 15 is 0 Å². The molecule has 8 heteroatoms. The molecule has 186 valence electrons. The van der Waals surface area contributed by atoms with Crippen LogP contribution in [0.4, 0.5) is 0 Å². The highest BCUT2D eigenvalue weighted by Crippen LogP contribution is 2.24. The minimum Gasteiger partial charge on any atom is -0.346 e. The van der Waals surface area contributed by atoms with Crippen molar-refractivity contribution in [1.82, 2.24) is 16.0 Å². The number of carbonyl (C=O) groups excluding carboxylic acids is 5. The smallest absolute Gasteiger partial charge is 0.244 e. The molecule has 1 saturated heterocycles. The third-order valence-corrected chi connectivity index (χ3v) is 5.72. The first-order valence-electron chi connectivity index (χ1n) is 11.6. The lowest BCUT2D eigenvalue weighted by Crippen LogP contribution is -2.49. The van der Waals surface area contributed by atoms with Crippen LogP contribution in [0.3, 0.4) is 0 Å². The molecule has 0 aromatic heterocycles. The van der Waals surface area contributed by atoms with E-state index in [4.69, 9.17) is 0 Å². The third kappa shape index (κ3) is 7.88. The van der Waals surface area contributed by atoms with Crippen molar-refractivity contribution in [2.75, 3.05) is 0 Å². The molecule has 0 aliphatic carbocycles. The highest BCUT2D eigenvalue weighted by Gasteiger charge is 2.46. The zero-order valence-electron chi connectivity index (χ0n) is 20.5. The molecule has 0 spiro atoms. The monoisotopic (exact) mass is 479 g/mol. The Hall–Kier alpha value is -3.81. The van der Waals surface area contributed by atoms with Gasteiger partial charge in [0.05, 0.1) is 24.4 Å². The van der Waals surface area contributed by atoms with E-state index in [-0.39, 0.29) is 18.2 Å². The number of imide groups is 1. The van der Waals surface area contributed by atoms with E-state index < -0.39 is 47.4 Å². The van der Waals surface area contributed by atoms with Crippen LogP contribution in [0, 0.1) is 17.8 Å². The molecule has 0 saturated carbocycles. The number of allylic oxidation sites excluding steroid dienone is 5. The molecule has 4 atom stereocenters. The van der Waals surface area contributed by atoms with Crippen molar-refractivity contribution in [2.24, 2.45) is 17.8 Å². The zero-order valence-corrected chi connectivity index (χ0v) is 20.5. The second-order valence-electron chi connectivity index (χ2n) is 8.76. The molecule has 1 aromatic carbocycles. The van der Waals surface area contributed by atoms with Crippen LogP contribution >= 0.6 is 0 Å². The Morgan fingerprint density at radius 3 is 2.20 bits per heavy atom. The van der Waals surface area contributed by atoms with Crippen molar-refractivity contribution in [2.45, 2.75) is 46.2 Å². The Balaban J connectivity index is 2.14. The Kier molecular flexibility index (Phi) is 10.3. The lowest BCUT2D eigenvalue weighted by atomic mass is 9.85. The summed E-state index contributed by atoms with van der Waals surface area (Å²) in [5, 5.41) is 7.72. The molecule has 0 radical (unpaired) electrons. The number of rotatable bonds is 11.